The summed E-state index contributed by atoms with van der Waals surface area (Å²) in [5.41, 5.74) is 1.20. The average molecular weight is 557 g/mol. The maximum atomic E-state index is 12.9. The number of nitro groups is 1. The van der Waals surface area contributed by atoms with E-state index in [1.807, 2.05) is 4.72 Å². The van der Waals surface area contributed by atoms with Crippen molar-refractivity contribution in [3.8, 4) is 11.5 Å². The monoisotopic (exact) mass is 556 g/mol. The molecular weight excluding hydrogens is 528 g/mol. The Kier molecular flexibility index (Phi) is 10.3. The van der Waals surface area contributed by atoms with E-state index in [1.54, 1.807) is 47.9 Å². The molecule has 0 bridgehead atoms. The van der Waals surface area contributed by atoms with E-state index >= 15 is 0 Å². The number of sulfonamides is 1. The Morgan fingerprint density at radius 1 is 0.923 bits per heavy atom. The molecule has 3 rings (SSSR count). The smallest absolute Gasteiger partial charge is 0.293 e. The highest BCUT2D eigenvalue weighted by Gasteiger charge is 2.25. The van der Waals surface area contributed by atoms with Gasteiger partial charge in [-0.15, -0.1) is 0 Å². The maximum absolute atomic E-state index is 12.9. The quantitative estimate of drug-likeness (QED) is 0.0971. The number of anilines is 1. The van der Waals surface area contributed by atoms with Gasteiger partial charge in [0.25, 0.3) is 21.6 Å². The Morgan fingerprint density at radius 2 is 1.62 bits per heavy atom. The molecule has 0 aliphatic rings. The number of carbonyl (C=O) groups is 2. The number of hydrogen-bond donors (Lipinski definition) is 4. The molecule has 0 heterocycles. The molecule has 0 aliphatic carbocycles. The van der Waals surface area contributed by atoms with Crippen LogP contribution in [0.3, 0.4) is 0 Å². The highest BCUT2D eigenvalue weighted by molar-refractivity contribution is 7.90. The maximum Gasteiger partial charge on any atom is 0.293 e. The van der Waals surface area contributed by atoms with E-state index in [-0.39, 0.29) is 23.4 Å². The fourth-order valence-corrected chi connectivity index (χ4v) is 4.60. The second kappa shape index (κ2) is 13.9. The molecule has 13 heteroatoms. The molecule has 0 saturated carbocycles. The number of rotatable bonds is 14. The van der Waals surface area contributed by atoms with Crippen LogP contribution in [0.25, 0.3) is 0 Å². The number of hydroxylamine groups is 1. The van der Waals surface area contributed by atoms with Crippen molar-refractivity contribution >= 4 is 33.2 Å². The molecule has 0 aliphatic heterocycles. The third-order valence-electron chi connectivity index (χ3n) is 5.58. The van der Waals surface area contributed by atoms with Gasteiger partial charge in [0, 0.05) is 19.0 Å². The normalized spacial score (nSPS) is 10.9. The first-order valence-electron chi connectivity index (χ1n) is 12.1. The van der Waals surface area contributed by atoms with Crippen LogP contribution in [-0.4, -0.2) is 36.9 Å². The molecule has 0 spiro atoms. The lowest BCUT2D eigenvalue weighted by Gasteiger charge is -2.12. The molecule has 0 saturated heterocycles. The fraction of sp³-hybridized carbons (Fsp3) is 0.231. The topological polar surface area (TPSA) is 177 Å². The van der Waals surface area contributed by atoms with Crippen LogP contribution in [0.5, 0.6) is 11.5 Å². The SMILES string of the molecule is O=C(CCCCCCNc1ccc(S(=O)(=O)NC(=O)c2ccccc2Oc2ccccc2)cc1[N+](=O)[O-])NO. The zero-order valence-corrected chi connectivity index (χ0v) is 21.6. The van der Waals surface area contributed by atoms with Gasteiger partial charge >= 0.3 is 0 Å². The van der Waals surface area contributed by atoms with Crippen LogP contribution >= 0.6 is 0 Å². The van der Waals surface area contributed by atoms with Crippen molar-refractivity contribution in [3.63, 3.8) is 0 Å². The predicted octanol–water partition coefficient (Wildman–Crippen LogP) is 4.37. The van der Waals surface area contributed by atoms with Crippen LogP contribution in [0, 0.1) is 10.1 Å². The molecular formula is C26H28N4O8S. The van der Waals surface area contributed by atoms with E-state index in [9.17, 15) is 28.1 Å². The third-order valence-corrected chi connectivity index (χ3v) is 6.91. The van der Waals surface area contributed by atoms with E-state index in [0.29, 0.717) is 25.1 Å². The molecule has 0 atom stereocenters. The van der Waals surface area contributed by atoms with E-state index in [2.05, 4.69) is 5.32 Å². The number of hydrogen-bond acceptors (Lipinski definition) is 9. The number of carbonyl (C=O) groups excluding carboxylic acids is 2. The zero-order valence-electron chi connectivity index (χ0n) is 20.8. The number of nitrogens with one attached hydrogen (secondary N) is 3. The summed E-state index contributed by atoms with van der Waals surface area (Å²) in [7, 11) is -4.45. The summed E-state index contributed by atoms with van der Waals surface area (Å²) in [6.07, 6.45) is 2.92. The number of para-hydroxylation sites is 2. The minimum Gasteiger partial charge on any atom is -0.457 e. The van der Waals surface area contributed by atoms with Crippen molar-refractivity contribution in [2.24, 2.45) is 0 Å². The van der Waals surface area contributed by atoms with Gasteiger partial charge in [-0.1, -0.05) is 43.2 Å². The minimum absolute atomic E-state index is 0.0327. The van der Waals surface area contributed by atoms with Gasteiger partial charge in [0.05, 0.1) is 15.4 Å². The fourth-order valence-electron chi connectivity index (χ4n) is 3.62. The number of nitro benzene ring substituents is 1. The minimum atomic E-state index is -4.45. The number of nitrogens with zero attached hydrogens (tertiary/aromatic N) is 1. The molecule has 4 N–H and O–H groups in total. The highest BCUT2D eigenvalue weighted by Crippen LogP contribution is 2.29. The Labute approximate surface area is 225 Å². The van der Waals surface area contributed by atoms with E-state index in [0.717, 1.165) is 18.9 Å². The predicted molar refractivity (Wildman–Crippen MR) is 142 cm³/mol. The Hall–Kier alpha value is -4.49. The van der Waals surface area contributed by atoms with Crippen LogP contribution in [0.2, 0.25) is 0 Å². The molecule has 12 nitrogen and oxygen atoms in total. The molecule has 3 aromatic rings. The third kappa shape index (κ3) is 8.51. The molecule has 3 aromatic carbocycles. The van der Waals surface area contributed by atoms with Crippen molar-refractivity contribution in [3.05, 3.63) is 88.5 Å². The first-order valence-corrected chi connectivity index (χ1v) is 13.5. The molecule has 206 valence electrons. The highest BCUT2D eigenvalue weighted by atomic mass is 32.2. The molecule has 0 fully saturated rings. The van der Waals surface area contributed by atoms with Crippen molar-refractivity contribution < 1.29 is 32.9 Å². The number of ether oxygens (including phenoxy) is 1. The Balaban J connectivity index is 1.66. The first kappa shape index (κ1) is 29.1. The molecule has 0 aromatic heterocycles. The summed E-state index contributed by atoms with van der Waals surface area (Å²) in [5, 5.41) is 23.0. The van der Waals surface area contributed by atoms with Gasteiger partial charge in [-0.3, -0.25) is 24.9 Å². The largest absolute Gasteiger partial charge is 0.457 e. The van der Waals surface area contributed by atoms with Gasteiger partial charge in [-0.25, -0.2) is 18.6 Å². The zero-order chi connectivity index (χ0) is 28.3. The molecule has 0 unspecified atom stereocenters. The van der Waals surface area contributed by atoms with Crippen molar-refractivity contribution in [1.82, 2.24) is 10.2 Å². The second-order valence-electron chi connectivity index (χ2n) is 8.41. The van der Waals surface area contributed by atoms with Gasteiger partial charge in [0.2, 0.25) is 5.91 Å². The lowest BCUT2D eigenvalue weighted by Crippen LogP contribution is -2.30. The Bertz CT molecular complexity index is 1410. The second-order valence-corrected chi connectivity index (χ2v) is 10.1. The van der Waals surface area contributed by atoms with Gasteiger partial charge in [0.15, 0.2) is 0 Å². The summed E-state index contributed by atoms with van der Waals surface area (Å²) in [6, 6.07) is 18.1. The summed E-state index contributed by atoms with van der Waals surface area (Å²) >= 11 is 0. The van der Waals surface area contributed by atoms with Crippen LogP contribution in [0.15, 0.2) is 77.7 Å². The molecule has 0 radical (unpaired) electrons. The van der Waals surface area contributed by atoms with Crippen molar-refractivity contribution in [2.45, 2.75) is 37.0 Å². The van der Waals surface area contributed by atoms with Gasteiger partial charge in [-0.2, -0.15) is 0 Å². The van der Waals surface area contributed by atoms with Crippen LogP contribution < -0.4 is 20.3 Å². The van der Waals surface area contributed by atoms with Gasteiger partial charge in [0.1, 0.15) is 17.2 Å². The van der Waals surface area contributed by atoms with E-state index in [4.69, 9.17) is 9.94 Å². The van der Waals surface area contributed by atoms with Gasteiger partial charge in [-0.05, 0) is 49.2 Å². The van der Waals surface area contributed by atoms with Crippen LogP contribution in [0.1, 0.15) is 42.5 Å². The first-order chi connectivity index (χ1) is 18.7. The molecule has 2 amide bonds. The van der Waals surface area contributed by atoms with Crippen molar-refractivity contribution in [1.29, 1.82) is 0 Å². The molecule has 39 heavy (non-hydrogen) atoms. The average Bonchev–Trinajstić information content (AvgIpc) is 2.92. The lowest BCUT2D eigenvalue weighted by molar-refractivity contribution is -0.384. The van der Waals surface area contributed by atoms with E-state index < -0.39 is 37.3 Å². The summed E-state index contributed by atoms with van der Waals surface area (Å²) in [5.74, 6) is -0.824. The standard InChI is InChI=1S/C26H28N4O8S/c31-25(28-33)14-6-1-2-9-17-27-22-16-15-20(18-23(22)30(34)35)39(36,37)29-26(32)21-12-7-8-13-24(21)38-19-10-4-3-5-11-19/h3-5,7-8,10-13,15-16,18,27,33H,1-2,6,9,14,17H2,(H,28,31)(H,29,32). The van der Waals surface area contributed by atoms with Crippen LogP contribution in [-0.2, 0) is 14.8 Å². The van der Waals surface area contributed by atoms with E-state index in [1.165, 1.54) is 24.3 Å². The number of unbranched alkanes of at least 4 members (excludes halogenated alkanes) is 3. The number of benzene rings is 3. The lowest BCUT2D eigenvalue weighted by atomic mass is 10.1. The van der Waals surface area contributed by atoms with Gasteiger partial charge < -0.3 is 10.1 Å². The Morgan fingerprint density at radius 3 is 2.33 bits per heavy atom. The van der Waals surface area contributed by atoms with Crippen molar-refractivity contribution in [2.75, 3.05) is 11.9 Å². The van der Waals surface area contributed by atoms with Crippen LogP contribution in [0.4, 0.5) is 11.4 Å². The summed E-state index contributed by atoms with van der Waals surface area (Å²) in [6.45, 7) is 0.383. The summed E-state index contributed by atoms with van der Waals surface area (Å²) < 4.78 is 33.6. The number of amides is 2. The summed E-state index contributed by atoms with van der Waals surface area (Å²) in [4.78, 5) is 34.4.